The number of carbonyl (C=O) groups excluding carboxylic acids is 1. The summed E-state index contributed by atoms with van der Waals surface area (Å²) >= 11 is 6.05. The number of hydrogen-bond donors (Lipinski definition) is 0. The molecule has 3 rings (SSSR count). The fourth-order valence-corrected chi connectivity index (χ4v) is 3.00. The Morgan fingerprint density at radius 3 is 2.32 bits per heavy atom. The van der Waals surface area contributed by atoms with E-state index in [1.165, 1.54) is 0 Å². The van der Waals surface area contributed by atoms with Gasteiger partial charge in [-0.25, -0.2) is 4.98 Å². The van der Waals surface area contributed by atoms with Crippen LogP contribution in [0, 0.1) is 0 Å². The molecule has 9 heteroatoms. The van der Waals surface area contributed by atoms with Crippen LogP contribution in [0.3, 0.4) is 0 Å². The van der Waals surface area contributed by atoms with E-state index in [2.05, 4.69) is 4.57 Å². The number of carbonyl (C=O) groups is 1. The normalized spacial score (nSPS) is 16.0. The summed E-state index contributed by atoms with van der Waals surface area (Å²) in [6, 6.07) is 5.65. The summed E-state index contributed by atoms with van der Waals surface area (Å²) in [5, 5.41) is 0.650. The molecule has 0 fully saturated rings. The fraction of sp³-hybridized carbons (Fsp3) is 0.312. The molecular weight excluding hydrogens is 358 g/mol. The average molecular weight is 375 g/mol. The van der Waals surface area contributed by atoms with Crippen LogP contribution >= 0.6 is 11.6 Å². The topological polar surface area (TPSA) is 33.8 Å². The van der Waals surface area contributed by atoms with Crippen molar-refractivity contribution in [1.82, 2.24) is 4.98 Å². The quantitative estimate of drug-likeness (QED) is 0.392. The number of benzene rings is 1. The summed E-state index contributed by atoms with van der Waals surface area (Å²) in [5.41, 5.74) is 3.78. The number of halogens is 5. The number of hydrogen-bond acceptors (Lipinski definition) is 2. The van der Waals surface area contributed by atoms with Gasteiger partial charge in [-0.1, -0.05) is 11.6 Å². The molecule has 0 amide bonds. The molecule has 134 valence electrons. The third-order valence-corrected chi connectivity index (χ3v) is 4.24. The van der Waals surface area contributed by atoms with Crippen LogP contribution in [0.2, 0.25) is 5.02 Å². The zero-order valence-electron chi connectivity index (χ0n) is 14.1. The minimum Gasteiger partial charge on any atom is -0.418 e. The second-order valence-corrected chi connectivity index (χ2v) is 6.75. The lowest BCUT2D eigenvalue weighted by molar-refractivity contribution is -0.647. The largest absolute Gasteiger partial charge is 0.673 e. The molecule has 0 saturated heterocycles. The van der Waals surface area contributed by atoms with Crippen molar-refractivity contribution in [1.29, 1.82) is 0 Å². The molecule has 1 aliphatic rings. The van der Waals surface area contributed by atoms with Gasteiger partial charge in [0.15, 0.2) is 5.78 Å². The number of aromatic nitrogens is 2. The summed E-state index contributed by atoms with van der Waals surface area (Å²) in [6.07, 6.45) is 1.92. The number of fused-ring (bicyclic) bond motifs is 2. The average Bonchev–Trinajstić information content (AvgIpc) is 2.45. The molecule has 0 saturated carbocycles. The molecule has 0 aliphatic heterocycles. The van der Waals surface area contributed by atoms with E-state index in [-0.39, 0.29) is 5.78 Å². The van der Waals surface area contributed by atoms with Crippen LogP contribution in [0.15, 0.2) is 23.8 Å². The van der Waals surface area contributed by atoms with Crippen molar-refractivity contribution in [2.75, 3.05) is 0 Å². The van der Waals surface area contributed by atoms with Gasteiger partial charge in [0, 0.05) is 17.2 Å². The molecule has 0 radical (unpaired) electrons. The van der Waals surface area contributed by atoms with E-state index in [1.807, 2.05) is 52.1 Å². The van der Waals surface area contributed by atoms with Gasteiger partial charge in [-0.15, -0.1) is 0 Å². The summed E-state index contributed by atoms with van der Waals surface area (Å²) in [6.45, 7) is 5.71. The van der Waals surface area contributed by atoms with Crippen LogP contribution in [0.4, 0.5) is 17.3 Å². The maximum absolute atomic E-state index is 12.4. The first-order valence-corrected chi connectivity index (χ1v) is 7.80. The minimum absolute atomic E-state index is 0.124. The summed E-state index contributed by atoms with van der Waals surface area (Å²) in [5.74, 6) is 0.124. The second-order valence-electron chi connectivity index (χ2n) is 6.31. The van der Waals surface area contributed by atoms with Gasteiger partial charge in [0.2, 0.25) is 11.2 Å². The molecule has 3 nitrogen and oxygen atoms in total. The SMILES string of the molecule is CC1=Cc2c(nc3cc(Cl)ccc3[n+]2C)C(C)(C)C1=O.F[B-](F)(F)F. The molecule has 0 spiro atoms. The van der Waals surface area contributed by atoms with E-state index in [9.17, 15) is 22.1 Å². The maximum Gasteiger partial charge on any atom is 0.673 e. The molecule has 2 aromatic rings. The van der Waals surface area contributed by atoms with Crippen molar-refractivity contribution in [3.63, 3.8) is 0 Å². The van der Waals surface area contributed by atoms with Crippen LogP contribution in [-0.2, 0) is 17.3 Å². The van der Waals surface area contributed by atoms with Crippen molar-refractivity contribution >= 4 is 41.7 Å². The predicted molar refractivity (Wildman–Crippen MR) is 89.8 cm³/mol. The summed E-state index contributed by atoms with van der Waals surface area (Å²) < 4.78 is 41.1. The Morgan fingerprint density at radius 1 is 1.20 bits per heavy atom. The van der Waals surface area contributed by atoms with Gasteiger partial charge >= 0.3 is 7.25 Å². The van der Waals surface area contributed by atoms with Crippen molar-refractivity contribution in [2.24, 2.45) is 7.05 Å². The van der Waals surface area contributed by atoms with Crippen LogP contribution in [-0.4, -0.2) is 18.0 Å². The first-order chi connectivity index (χ1) is 11.3. The lowest BCUT2D eigenvalue weighted by Crippen LogP contribution is -2.43. The third-order valence-electron chi connectivity index (χ3n) is 4.01. The number of rotatable bonds is 0. The molecule has 1 heterocycles. The van der Waals surface area contributed by atoms with Crippen LogP contribution in [0.1, 0.15) is 32.2 Å². The monoisotopic (exact) mass is 374 g/mol. The van der Waals surface area contributed by atoms with Gasteiger partial charge in [-0.3, -0.25) is 4.79 Å². The van der Waals surface area contributed by atoms with Gasteiger partial charge in [0.05, 0.1) is 5.41 Å². The Labute approximate surface area is 147 Å². The summed E-state index contributed by atoms with van der Waals surface area (Å²) in [4.78, 5) is 17.1. The molecule has 1 aromatic carbocycles. The Bertz CT molecular complexity index is 888. The van der Waals surface area contributed by atoms with Crippen LogP contribution in [0.25, 0.3) is 17.1 Å². The Balaban J connectivity index is 0.000000399. The zero-order valence-corrected chi connectivity index (χ0v) is 14.8. The Morgan fingerprint density at radius 2 is 1.76 bits per heavy atom. The molecule has 1 aromatic heterocycles. The highest BCUT2D eigenvalue weighted by Gasteiger charge is 2.41. The zero-order chi connectivity index (χ0) is 19.2. The van der Waals surface area contributed by atoms with Gasteiger partial charge in [0.1, 0.15) is 18.3 Å². The second kappa shape index (κ2) is 6.40. The van der Waals surface area contributed by atoms with E-state index in [0.717, 1.165) is 28.0 Å². The van der Waals surface area contributed by atoms with E-state index in [4.69, 9.17) is 16.6 Å². The van der Waals surface area contributed by atoms with Crippen molar-refractivity contribution < 1.29 is 26.6 Å². The van der Waals surface area contributed by atoms with Crippen LogP contribution < -0.4 is 4.57 Å². The number of aryl methyl sites for hydroxylation is 1. The molecular formula is C16H16BClF4N2O. The molecule has 0 N–H and O–H groups in total. The van der Waals surface area contributed by atoms with E-state index in [1.54, 1.807) is 0 Å². The molecule has 0 atom stereocenters. The first-order valence-electron chi connectivity index (χ1n) is 7.42. The highest BCUT2D eigenvalue weighted by molar-refractivity contribution is 6.50. The Hall–Kier alpha value is -1.96. The van der Waals surface area contributed by atoms with E-state index >= 15 is 0 Å². The Kier molecular flexibility index (Phi) is 4.96. The van der Waals surface area contributed by atoms with Crippen LogP contribution in [0.5, 0.6) is 0 Å². The number of nitrogens with zero attached hydrogens (tertiary/aromatic N) is 2. The smallest absolute Gasteiger partial charge is 0.418 e. The lowest BCUT2D eigenvalue weighted by atomic mass is 9.76. The minimum atomic E-state index is -6.00. The van der Waals surface area contributed by atoms with Gasteiger partial charge < -0.3 is 17.3 Å². The standard InChI is InChI=1S/C16H16ClN2O.BF4/c1-9-7-13-14(16(2,3)15(9)20)18-11-8-10(17)5-6-12(11)19(13)4;2-1(3,4)5/h5-8H,1-4H3;/q+1;-1. The highest BCUT2D eigenvalue weighted by Crippen LogP contribution is 2.34. The van der Waals surface area contributed by atoms with Crippen molar-refractivity contribution in [2.45, 2.75) is 26.2 Å². The molecule has 0 bridgehead atoms. The van der Waals surface area contributed by atoms with Crippen molar-refractivity contribution in [3.8, 4) is 0 Å². The predicted octanol–water partition coefficient (Wildman–Crippen LogP) is 4.28. The van der Waals surface area contributed by atoms with Gasteiger partial charge in [-0.05, 0) is 38.5 Å². The maximum atomic E-state index is 12.4. The van der Waals surface area contributed by atoms with Crippen molar-refractivity contribution in [3.05, 3.63) is 40.2 Å². The first kappa shape index (κ1) is 19.4. The molecule has 25 heavy (non-hydrogen) atoms. The highest BCUT2D eigenvalue weighted by atomic mass is 35.5. The number of Topliss-reactive ketones (excluding diaryl/α,β-unsaturated/α-hetero) is 1. The number of ketones is 1. The third kappa shape index (κ3) is 4.00. The lowest BCUT2D eigenvalue weighted by Gasteiger charge is -2.26. The van der Waals surface area contributed by atoms with E-state index < -0.39 is 12.7 Å². The summed E-state index contributed by atoms with van der Waals surface area (Å²) in [7, 11) is -4.01. The van der Waals surface area contributed by atoms with Gasteiger partial charge in [-0.2, -0.15) is 4.57 Å². The van der Waals surface area contributed by atoms with E-state index in [0.29, 0.717) is 5.02 Å². The fourth-order valence-electron chi connectivity index (χ4n) is 2.83. The molecule has 0 unspecified atom stereocenters. The number of allylic oxidation sites excluding steroid dienone is 1. The van der Waals surface area contributed by atoms with Gasteiger partial charge in [0.25, 0.3) is 0 Å². The molecule has 1 aliphatic carbocycles.